The molecule has 0 saturated heterocycles. The van der Waals surface area contributed by atoms with Crippen molar-refractivity contribution < 1.29 is 5.11 Å². The largest absolute Gasteiger partial charge is 0.388 e. The van der Waals surface area contributed by atoms with E-state index in [2.05, 4.69) is 18.8 Å². The smallest absolute Gasteiger partial charge is 0.0807 e. The first-order valence-electron chi connectivity index (χ1n) is 5.21. The molecule has 2 nitrogen and oxygen atoms in total. The lowest BCUT2D eigenvalue weighted by molar-refractivity contribution is 0.158. The zero-order valence-electron chi connectivity index (χ0n) is 9.20. The van der Waals surface area contributed by atoms with Gasteiger partial charge in [-0.05, 0) is 31.7 Å². The fourth-order valence-corrected chi connectivity index (χ4v) is 1.50. The maximum Gasteiger partial charge on any atom is 0.0807 e. The third-order valence-corrected chi connectivity index (χ3v) is 2.42. The van der Waals surface area contributed by atoms with E-state index in [-0.39, 0.29) is 6.10 Å². The molecule has 14 heavy (non-hydrogen) atoms. The molecule has 2 heteroatoms. The van der Waals surface area contributed by atoms with Gasteiger partial charge in [0.2, 0.25) is 0 Å². The minimum absolute atomic E-state index is 0.355. The second-order valence-electron chi connectivity index (χ2n) is 4.17. The zero-order valence-corrected chi connectivity index (χ0v) is 9.20. The zero-order chi connectivity index (χ0) is 10.6. The van der Waals surface area contributed by atoms with Gasteiger partial charge >= 0.3 is 0 Å². The summed E-state index contributed by atoms with van der Waals surface area (Å²) < 4.78 is 0. The first kappa shape index (κ1) is 11.2. The number of nitrogens with zero attached hydrogens (tertiary/aromatic N) is 1. The molecule has 0 amide bonds. The van der Waals surface area contributed by atoms with Gasteiger partial charge in [-0.2, -0.15) is 0 Å². The number of pyridine rings is 1. The summed E-state index contributed by atoms with van der Waals surface area (Å²) in [7, 11) is 0. The second-order valence-corrected chi connectivity index (χ2v) is 4.17. The van der Waals surface area contributed by atoms with Gasteiger partial charge in [0.05, 0.1) is 6.10 Å². The molecule has 1 unspecified atom stereocenters. The van der Waals surface area contributed by atoms with E-state index in [9.17, 15) is 5.11 Å². The van der Waals surface area contributed by atoms with E-state index in [4.69, 9.17) is 0 Å². The molecular formula is C12H19NO. The Bertz CT molecular complexity index is 283. The van der Waals surface area contributed by atoms with Crippen LogP contribution in [0.4, 0.5) is 0 Å². The van der Waals surface area contributed by atoms with E-state index < -0.39 is 0 Å². The van der Waals surface area contributed by atoms with Gasteiger partial charge in [-0.1, -0.05) is 19.9 Å². The van der Waals surface area contributed by atoms with Crippen molar-refractivity contribution >= 4 is 0 Å². The summed E-state index contributed by atoms with van der Waals surface area (Å²) in [4.78, 5) is 4.17. The van der Waals surface area contributed by atoms with Gasteiger partial charge in [0, 0.05) is 17.5 Å². The molecule has 0 aliphatic carbocycles. The Hall–Kier alpha value is -0.890. The number of aliphatic hydroxyl groups excluding tert-OH is 1. The lowest BCUT2D eigenvalue weighted by Crippen LogP contribution is -2.02. The predicted octanol–water partition coefficient (Wildman–Crippen LogP) is 2.86. The van der Waals surface area contributed by atoms with Crippen molar-refractivity contribution in [2.45, 2.75) is 39.7 Å². The van der Waals surface area contributed by atoms with Crippen LogP contribution in [0.2, 0.25) is 0 Å². The SMILES string of the molecule is Cc1ncccc1C(O)CCC(C)C. The van der Waals surface area contributed by atoms with Gasteiger partial charge in [-0.25, -0.2) is 0 Å². The minimum atomic E-state index is -0.355. The number of rotatable bonds is 4. The molecule has 0 fully saturated rings. The lowest BCUT2D eigenvalue weighted by Gasteiger charge is -2.13. The topological polar surface area (TPSA) is 33.1 Å². The van der Waals surface area contributed by atoms with Crippen molar-refractivity contribution in [1.29, 1.82) is 0 Å². The first-order valence-corrected chi connectivity index (χ1v) is 5.21. The third-order valence-electron chi connectivity index (χ3n) is 2.42. The van der Waals surface area contributed by atoms with Crippen LogP contribution in [0.15, 0.2) is 18.3 Å². The van der Waals surface area contributed by atoms with Crippen LogP contribution in [0.1, 0.15) is 44.1 Å². The number of aliphatic hydroxyl groups is 1. The highest BCUT2D eigenvalue weighted by molar-refractivity contribution is 5.20. The van der Waals surface area contributed by atoms with Crippen molar-refractivity contribution in [2.75, 3.05) is 0 Å². The number of aromatic nitrogens is 1. The van der Waals surface area contributed by atoms with Crippen LogP contribution < -0.4 is 0 Å². The van der Waals surface area contributed by atoms with E-state index in [1.165, 1.54) is 0 Å². The van der Waals surface area contributed by atoms with Gasteiger partial charge in [-0.3, -0.25) is 4.98 Å². The summed E-state index contributed by atoms with van der Waals surface area (Å²) in [6.45, 7) is 6.28. The molecule has 1 rings (SSSR count). The van der Waals surface area contributed by atoms with E-state index in [0.717, 1.165) is 24.1 Å². The summed E-state index contributed by atoms with van der Waals surface area (Å²) in [6.07, 6.45) is 3.28. The number of hydrogen-bond donors (Lipinski definition) is 1. The van der Waals surface area contributed by atoms with Crippen LogP contribution in [0, 0.1) is 12.8 Å². The Morgan fingerprint density at radius 3 is 2.64 bits per heavy atom. The van der Waals surface area contributed by atoms with Crippen molar-refractivity contribution in [2.24, 2.45) is 5.92 Å². The average molecular weight is 193 g/mol. The monoisotopic (exact) mass is 193 g/mol. The first-order chi connectivity index (χ1) is 6.61. The molecule has 1 heterocycles. The van der Waals surface area contributed by atoms with Crippen molar-refractivity contribution in [3.63, 3.8) is 0 Å². The fourth-order valence-electron chi connectivity index (χ4n) is 1.50. The molecule has 0 spiro atoms. The summed E-state index contributed by atoms with van der Waals surface area (Å²) in [6, 6.07) is 3.83. The molecule has 0 saturated carbocycles. The minimum Gasteiger partial charge on any atom is -0.388 e. The number of hydrogen-bond acceptors (Lipinski definition) is 2. The molecule has 1 atom stereocenters. The average Bonchev–Trinajstić information content (AvgIpc) is 2.15. The molecular weight excluding hydrogens is 174 g/mol. The summed E-state index contributed by atoms with van der Waals surface area (Å²) in [5.41, 5.74) is 1.90. The van der Waals surface area contributed by atoms with Gasteiger partial charge in [0.15, 0.2) is 0 Å². The van der Waals surface area contributed by atoms with Crippen LogP contribution in [0.5, 0.6) is 0 Å². The molecule has 1 aromatic heterocycles. The summed E-state index contributed by atoms with van der Waals surface area (Å²) in [5, 5.41) is 9.91. The Morgan fingerprint density at radius 2 is 2.07 bits per heavy atom. The number of aryl methyl sites for hydroxylation is 1. The van der Waals surface area contributed by atoms with Crippen LogP contribution in [-0.2, 0) is 0 Å². The van der Waals surface area contributed by atoms with E-state index in [1.807, 2.05) is 19.1 Å². The van der Waals surface area contributed by atoms with Crippen LogP contribution >= 0.6 is 0 Å². The lowest BCUT2D eigenvalue weighted by atomic mass is 9.99. The highest BCUT2D eigenvalue weighted by atomic mass is 16.3. The molecule has 0 aliphatic rings. The molecule has 0 radical (unpaired) electrons. The third kappa shape index (κ3) is 3.11. The van der Waals surface area contributed by atoms with Crippen LogP contribution in [0.3, 0.4) is 0 Å². The Labute approximate surface area is 86.0 Å². The summed E-state index contributed by atoms with van der Waals surface area (Å²) in [5.74, 6) is 0.640. The quantitative estimate of drug-likeness (QED) is 0.797. The molecule has 78 valence electrons. The fraction of sp³-hybridized carbons (Fsp3) is 0.583. The Balaban J connectivity index is 2.60. The Morgan fingerprint density at radius 1 is 1.36 bits per heavy atom. The standard InChI is InChI=1S/C12H19NO/c1-9(2)6-7-12(14)11-5-4-8-13-10(11)3/h4-5,8-9,12,14H,6-7H2,1-3H3. The predicted molar refractivity (Wildman–Crippen MR) is 58.0 cm³/mol. The normalized spacial score (nSPS) is 13.2. The summed E-state index contributed by atoms with van der Waals surface area (Å²) >= 11 is 0. The molecule has 1 aromatic rings. The maximum absolute atomic E-state index is 9.91. The molecule has 1 N–H and O–H groups in total. The Kier molecular flexibility index (Phi) is 4.08. The molecule has 0 aromatic carbocycles. The van der Waals surface area contributed by atoms with Crippen LogP contribution in [-0.4, -0.2) is 10.1 Å². The highest BCUT2D eigenvalue weighted by Crippen LogP contribution is 2.22. The van der Waals surface area contributed by atoms with Crippen molar-refractivity contribution in [3.05, 3.63) is 29.6 Å². The molecule has 0 aliphatic heterocycles. The van der Waals surface area contributed by atoms with Gasteiger partial charge in [0.25, 0.3) is 0 Å². The van der Waals surface area contributed by atoms with Gasteiger partial charge < -0.3 is 5.11 Å². The van der Waals surface area contributed by atoms with E-state index in [1.54, 1.807) is 6.20 Å². The van der Waals surface area contributed by atoms with E-state index in [0.29, 0.717) is 5.92 Å². The second kappa shape index (κ2) is 5.11. The van der Waals surface area contributed by atoms with Gasteiger partial charge in [-0.15, -0.1) is 0 Å². The van der Waals surface area contributed by atoms with E-state index >= 15 is 0 Å². The van der Waals surface area contributed by atoms with Gasteiger partial charge in [0.1, 0.15) is 0 Å². The molecule has 0 bridgehead atoms. The van der Waals surface area contributed by atoms with Crippen molar-refractivity contribution in [1.82, 2.24) is 4.98 Å². The maximum atomic E-state index is 9.91. The van der Waals surface area contributed by atoms with Crippen molar-refractivity contribution in [3.8, 4) is 0 Å². The highest BCUT2D eigenvalue weighted by Gasteiger charge is 2.10. The van der Waals surface area contributed by atoms with Crippen LogP contribution in [0.25, 0.3) is 0 Å².